The molecule has 3 aromatic carbocycles. The van der Waals surface area contributed by atoms with Crippen molar-refractivity contribution in [1.82, 2.24) is 0 Å². The van der Waals surface area contributed by atoms with Crippen LogP contribution >= 0.6 is 31.9 Å². The number of aryl methyl sites for hydroxylation is 1. The van der Waals surface area contributed by atoms with Crippen molar-refractivity contribution in [2.45, 2.75) is 75.4 Å². The monoisotopic (exact) mass is 852 g/mol. The van der Waals surface area contributed by atoms with Gasteiger partial charge in [-0.05, 0) is 117 Å². The SMILES string of the molecule is Cc1ccc(S(=O)(=O)OCC2(CCC(O)c3ccc(F)cc3Br)CCOCC2)cc1.Fc1ccc(C2CCC3(CCOCC3)CO2)c(Br)c1.[H-].[Na+]. The Morgan fingerprint density at radius 2 is 1.50 bits per heavy atom. The molecule has 0 radical (unpaired) electrons. The van der Waals surface area contributed by atoms with Crippen LogP contribution < -0.4 is 29.6 Å². The van der Waals surface area contributed by atoms with E-state index in [1.165, 1.54) is 42.8 Å². The molecule has 1 N–H and O–H groups in total. The van der Waals surface area contributed by atoms with Gasteiger partial charge in [0.25, 0.3) is 10.1 Å². The molecule has 0 aromatic heterocycles. The Kier molecular flexibility index (Phi) is 16.0. The fourth-order valence-electron chi connectivity index (χ4n) is 6.69. The first kappa shape index (κ1) is 42.0. The fraction of sp³-hybridized carbons (Fsp3) is 0.514. The third kappa shape index (κ3) is 11.4. The van der Waals surface area contributed by atoms with E-state index in [9.17, 15) is 22.3 Å². The smallest absolute Gasteiger partial charge is 1.00 e. The van der Waals surface area contributed by atoms with Gasteiger partial charge in [-0.3, -0.25) is 4.18 Å². The van der Waals surface area contributed by atoms with E-state index in [1.807, 2.05) is 13.0 Å². The maximum Gasteiger partial charge on any atom is 1.00 e. The molecule has 0 saturated carbocycles. The molecule has 7 nitrogen and oxygen atoms in total. The van der Waals surface area contributed by atoms with Crippen LogP contribution in [0.5, 0.6) is 0 Å². The van der Waals surface area contributed by atoms with Crippen molar-refractivity contribution in [3.63, 3.8) is 0 Å². The Hall–Kier alpha value is -0.770. The molecule has 0 bridgehead atoms. The molecule has 270 valence electrons. The average Bonchev–Trinajstić information content (AvgIpc) is 3.08. The third-order valence-corrected chi connectivity index (χ3v) is 12.7. The Balaban J connectivity index is 0.000000289. The summed E-state index contributed by atoms with van der Waals surface area (Å²) in [5, 5.41) is 10.6. The molecule has 3 aliphatic rings. The van der Waals surface area contributed by atoms with Gasteiger partial charge in [-0.2, -0.15) is 8.42 Å². The van der Waals surface area contributed by atoms with Crippen molar-refractivity contribution < 1.29 is 71.7 Å². The van der Waals surface area contributed by atoms with Crippen LogP contribution in [0, 0.1) is 29.4 Å². The number of hydrogen-bond acceptors (Lipinski definition) is 7. The van der Waals surface area contributed by atoms with Crippen LogP contribution in [0.2, 0.25) is 0 Å². The van der Waals surface area contributed by atoms with Crippen molar-refractivity contribution in [2.24, 2.45) is 10.8 Å². The molecule has 0 aliphatic carbocycles. The van der Waals surface area contributed by atoms with Crippen LogP contribution in [-0.2, 0) is 28.5 Å². The van der Waals surface area contributed by atoms with Gasteiger partial charge in [-0.1, -0.05) is 61.7 Å². The number of rotatable bonds is 9. The molecule has 3 fully saturated rings. The van der Waals surface area contributed by atoms with E-state index in [-0.39, 0.29) is 60.2 Å². The molecule has 3 heterocycles. The minimum absolute atomic E-state index is 0. The topological polar surface area (TPSA) is 91.3 Å². The summed E-state index contributed by atoms with van der Waals surface area (Å²) in [7, 11) is -3.87. The van der Waals surface area contributed by atoms with Crippen LogP contribution in [0.25, 0.3) is 0 Å². The first-order valence-electron chi connectivity index (χ1n) is 16.7. The first-order valence-corrected chi connectivity index (χ1v) is 19.7. The summed E-state index contributed by atoms with van der Waals surface area (Å²) < 4.78 is 75.4. The molecule has 6 rings (SSSR count). The van der Waals surface area contributed by atoms with Gasteiger partial charge in [0.2, 0.25) is 0 Å². The molecule has 13 heteroatoms. The van der Waals surface area contributed by atoms with Crippen molar-refractivity contribution >= 4 is 42.0 Å². The predicted octanol–water partition coefficient (Wildman–Crippen LogP) is 6.27. The van der Waals surface area contributed by atoms with Crippen molar-refractivity contribution in [2.75, 3.05) is 39.6 Å². The van der Waals surface area contributed by atoms with Crippen LogP contribution in [-0.4, -0.2) is 53.2 Å². The molecular weight excluding hydrogens is 809 g/mol. The summed E-state index contributed by atoms with van der Waals surface area (Å²) in [6.45, 7) is 5.46. The van der Waals surface area contributed by atoms with Gasteiger partial charge in [0, 0.05) is 35.4 Å². The zero-order valence-electron chi connectivity index (χ0n) is 29.6. The first-order chi connectivity index (χ1) is 23.4. The maximum atomic E-state index is 13.3. The van der Waals surface area contributed by atoms with Crippen LogP contribution in [0.1, 0.15) is 81.7 Å². The number of halogens is 4. The Labute approximate surface area is 335 Å². The van der Waals surface area contributed by atoms with E-state index < -0.39 is 21.6 Å². The third-order valence-electron chi connectivity index (χ3n) is 10.0. The second-order valence-corrected chi connectivity index (χ2v) is 16.8. The summed E-state index contributed by atoms with van der Waals surface area (Å²) in [6.07, 6.45) is 5.92. The standard InChI is InChI=1S/C22H26BrFO5S.C15H18BrFO2.Na.H/c1-16-2-5-18(6-3-16)30(26,27)29-15-22(10-12-28-13-11-22)9-8-21(25)19-7-4-17(24)14-20(19)23;16-13-9-11(17)1-2-12(13)14-3-4-15(10-19-14)5-7-18-8-6-15;;/h2-7,14,21,25H,8-13,15H2,1H3;1-2,9,14H,3-8,10H2;;/q;;+1;-1. The van der Waals surface area contributed by atoms with Crippen LogP contribution in [0.3, 0.4) is 0 Å². The van der Waals surface area contributed by atoms with Crippen molar-refractivity contribution in [3.05, 3.63) is 97.9 Å². The molecule has 3 aromatic rings. The van der Waals surface area contributed by atoms with E-state index in [0.717, 1.165) is 54.7 Å². The summed E-state index contributed by atoms with van der Waals surface area (Å²) in [4.78, 5) is 0.130. The van der Waals surface area contributed by atoms with Gasteiger partial charge in [0.05, 0.1) is 30.3 Å². The largest absolute Gasteiger partial charge is 1.00 e. The second-order valence-electron chi connectivity index (χ2n) is 13.5. The summed E-state index contributed by atoms with van der Waals surface area (Å²) in [5.41, 5.74) is 2.54. The van der Waals surface area contributed by atoms with Crippen LogP contribution in [0.4, 0.5) is 8.78 Å². The maximum absolute atomic E-state index is 13.3. The molecule has 3 saturated heterocycles. The summed E-state index contributed by atoms with van der Waals surface area (Å²) in [5.74, 6) is -0.597. The van der Waals surface area contributed by atoms with Gasteiger partial charge in [-0.25, -0.2) is 8.78 Å². The minimum atomic E-state index is -3.87. The van der Waals surface area contributed by atoms with Crippen LogP contribution in [0.15, 0.2) is 74.5 Å². The van der Waals surface area contributed by atoms with E-state index in [4.69, 9.17) is 18.4 Å². The summed E-state index contributed by atoms with van der Waals surface area (Å²) >= 11 is 6.72. The van der Waals surface area contributed by atoms with Gasteiger partial charge >= 0.3 is 29.6 Å². The quantitative estimate of drug-likeness (QED) is 0.201. The molecule has 1 spiro atoms. The van der Waals surface area contributed by atoms with Crippen molar-refractivity contribution in [1.29, 1.82) is 0 Å². The number of aliphatic hydroxyl groups excluding tert-OH is 1. The second kappa shape index (κ2) is 19.0. The molecule has 2 atom stereocenters. The van der Waals surface area contributed by atoms with E-state index in [0.29, 0.717) is 54.3 Å². The zero-order valence-corrected chi connectivity index (χ0v) is 34.6. The van der Waals surface area contributed by atoms with E-state index in [1.54, 1.807) is 18.2 Å². The van der Waals surface area contributed by atoms with Gasteiger partial charge in [0.15, 0.2) is 0 Å². The minimum Gasteiger partial charge on any atom is -1.00 e. The molecule has 50 heavy (non-hydrogen) atoms. The Morgan fingerprint density at radius 3 is 2.08 bits per heavy atom. The number of aliphatic hydroxyl groups is 1. The zero-order chi connectivity index (χ0) is 35.1. The molecule has 3 aliphatic heterocycles. The average molecular weight is 855 g/mol. The van der Waals surface area contributed by atoms with Crippen molar-refractivity contribution in [3.8, 4) is 0 Å². The fourth-order valence-corrected chi connectivity index (χ4v) is 8.93. The van der Waals surface area contributed by atoms with Gasteiger partial charge in [0.1, 0.15) is 11.6 Å². The van der Waals surface area contributed by atoms with Gasteiger partial charge < -0.3 is 20.7 Å². The Morgan fingerprint density at radius 1 is 0.900 bits per heavy atom. The predicted molar refractivity (Wildman–Crippen MR) is 191 cm³/mol. The normalized spacial score (nSPS) is 20.6. The van der Waals surface area contributed by atoms with E-state index >= 15 is 0 Å². The molecular formula is C37H45Br2F2NaO7S. The van der Waals surface area contributed by atoms with Gasteiger partial charge in [-0.15, -0.1) is 0 Å². The number of benzene rings is 3. The van der Waals surface area contributed by atoms with E-state index in [2.05, 4.69) is 31.9 Å². The summed E-state index contributed by atoms with van der Waals surface area (Å²) in [6, 6.07) is 15.6. The molecule has 2 unspecified atom stereocenters. The number of ether oxygens (including phenoxy) is 3. The Bertz CT molecular complexity index is 1650. The number of hydrogen-bond donors (Lipinski definition) is 1. The molecule has 0 amide bonds.